The van der Waals surface area contributed by atoms with Crippen LogP contribution >= 0.6 is 39.1 Å². The van der Waals surface area contributed by atoms with E-state index in [2.05, 4.69) is 20.7 Å². The standard InChI is InChI=1S/C12H7BrCl2FNO2S/c13-7-1-4-12(10(16)5-7)20(18,19)17-11-6-8(14)2-3-9(11)15/h1-6,17H. The number of hydrogen-bond acceptors (Lipinski definition) is 2. The molecular formula is C12H7BrCl2FNO2S. The highest BCUT2D eigenvalue weighted by molar-refractivity contribution is 9.10. The van der Waals surface area contributed by atoms with Gasteiger partial charge in [0, 0.05) is 9.50 Å². The zero-order valence-corrected chi connectivity index (χ0v) is 13.6. The molecule has 0 saturated carbocycles. The van der Waals surface area contributed by atoms with Crippen molar-refractivity contribution in [2.45, 2.75) is 4.90 Å². The van der Waals surface area contributed by atoms with Crippen LogP contribution < -0.4 is 4.72 Å². The molecule has 0 aliphatic carbocycles. The van der Waals surface area contributed by atoms with Crippen LogP contribution in [0.5, 0.6) is 0 Å². The molecule has 2 aromatic rings. The zero-order valence-electron chi connectivity index (χ0n) is 9.70. The molecule has 0 bridgehead atoms. The van der Waals surface area contributed by atoms with Crippen LogP contribution in [-0.4, -0.2) is 8.42 Å². The van der Waals surface area contributed by atoms with Crippen molar-refractivity contribution in [1.29, 1.82) is 0 Å². The molecule has 1 N–H and O–H groups in total. The Hall–Kier alpha value is -0.820. The molecule has 0 saturated heterocycles. The second-order valence-corrected chi connectivity index (χ2v) is 7.21. The molecule has 0 aliphatic rings. The quantitative estimate of drug-likeness (QED) is 0.814. The van der Waals surface area contributed by atoms with Gasteiger partial charge >= 0.3 is 0 Å². The lowest BCUT2D eigenvalue weighted by Gasteiger charge is -2.10. The molecule has 0 amide bonds. The number of benzene rings is 2. The van der Waals surface area contributed by atoms with E-state index < -0.39 is 20.7 Å². The van der Waals surface area contributed by atoms with Crippen molar-refractivity contribution in [2.24, 2.45) is 0 Å². The van der Waals surface area contributed by atoms with Crippen LogP contribution in [0.15, 0.2) is 45.8 Å². The first-order valence-corrected chi connectivity index (χ1v) is 8.26. The number of rotatable bonds is 3. The van der Waals surface area contributed by atoms with Crippen LogP contribution in [0.25, 0.3) is 0 Å². The minimum absolute atomic E-state index is 0.0847. The van der Waals surface area contributed by atoms with Crippen LogP contribution in [0.3, 0.4) is 0 Å². The highest BCUT2D eigenvalue weighted by atomic mass is 79.9. The molecule has 2 aromatic carbocycles. The molecule has 3 nitrogen and oxygen atoms in total. The summed E-state index contributed by atoms with van der Waals surface area (Å²) >= 11 is 14.7. The number of sulfonamides is 1. The van der Waals surface area contributed by atoms with E-state index in [1.165, 1.54) is 24.3 Å². The number of halogens is 4. The Kier molecular flexibility index (Phi) is 4.59. The normalized spacial score (nSPS) is 11.4. The van der Waals surface area contributed by atoms with E-state index in [4.69, 9.17) is 23.2 Å². The summed E-state index contributed by atoms with van der Waals surface area (Å²) in [6.45, 7) is 0. The molecule has 2 rings (SSSR count). The molecule has 0 spiro atoms. The van der Waals surface area contributed by atoms with Gasteiger partial charge < -0.3 is 0 Å². The summed E-state index contributed by atoms with van der Waals surface area (Å²) in [5, 5.41) is 0.471. The van der Waals surface area contributed by atoms with Gasteiger partial charge in [0.05, 0.1) is 10.7 Å². The van der Waals surface area contributed by atoms with E-state index in [0.717, 1.165) is 12.1 Å². The zero-order chi connectivity index (χ0) is 14.9. The van der Waals surface area contributed by atoms with Crippen molar-refractivity contribution in [3.05, 3.63) is 56.7 Å². The summed E-state index contributed by atoms with van der Waals surface area (Å²) in [5.74, 6) is -0.870. The van der Waals surface area contributed by atoms with E-state index in [-0.39, 0.29) is 10.7 Å². The summed E-state index contributed by atoms with van der Waals surface area (Å²) in [5.41, 5.74) is 0.0847. The Morgan fingerprint density at radius 1 is 1.10 bits per heavy atom. The third-order valence-corrected chi connectivity index (χ3v) is 4.81. The van der Waals surface area contributed by atoms with Gasteiger partial charge in [-0.15, -0.1) is 0 Å². The highest BCUT2D eigenvalue weighted by Crippen LogP contribution is 2.28. The van der Waals surface area contributed by atoms with Gasteiger partial charge in [-0.25, -0.2) is 12.8 Å². The predicted molar refractivity (Wildman–Crippen MR) is 81.4 cm³/mol. The number of anilines is 1. The maximum Gasteiger partial charge on any atom is 0.264 e. The van der Waals surface area contributed by atoms with Crippen molar-refractivity contribution >= 4 is 54.8 Å². The predicted octanol–water partition coefficient (Wildman–Crippen LogP) is 4.70. The molecule has 0 aromatic heterocycles. The molecule has 0 fully saturated rings. The van der Waals surface area contributed by atoms with Gasteiger partial charge in [-0.3, -0.25) is 4.72 Å². The Balaban J connectivity index is 2.43. The van der Waals surface area contributed by atoms with Crippen LogP contribution in [0, 0.1) is 5.82 Å². The fraction of sp³-hybridized carbons (Fsp3) is 0. The maximum absolute atomic E-state index is 13.7. The van der Waals surface area contributed by atoms with Crippen LogP contribution in [0.2, 0.25) is 10.0 Å². The molecule has 0 radical (unpaired) electrons. The van der Waals surface area contributed by atoms with Crippen molar-refractivity contribution in [3.8, 4) is 0 Å². The maximum atomic E-state index is 13.7. The number of nitrogens with one attached hydrogen (secondary N) is 1. The summed E-state index contributed by atoms with van der Waals surface area (Å²) in [4.78, 5) is -0.475. The summed E-state index contributed by atoms with van der Waals surface area (Å²) < 4.78 is 40.6. The van der Waals surface area contributed by atoms with Crippen LogP contribution in [0.1, 0.15) is 0 Å². The van der Waals surface area contributed by atoms with Crippen molar-refractivity contribution in [3.63, 3.8) is 0 Å². The van der Waals surface area contributed by atoms with Crippen LogP contribution in [0.4, 0.5) is 10.1 Å². The summed E-state index contributed by atoms with van der Waals surface area (Å²) in [7, 11) is -4.09. The molecule has 0 heterocycles. The molecule has 8 heteroatoms. The molecule has 106 valence electrons. The van der Waals surface area contributed by atoms with Gasteiger partial charge in [0.1, 0.15) is 10.7 Å². The van der Waals surface area contributed by atoms with Gasteiger partial charge in [-0.1, -0.05) is 39.1 Å². The smallest absolute Gasteiger partial charge is 0.264 e. The van der Waals surface area contributed by atoms with Gasteiger partial charge in [0.25, 0.3) is 10.0 Å². The van der Waals surface area contributed by atoms with Gasteiger partial charge in [0.2, 0.25) is 0 Å². The topological polar surface area (TPSA) is 46.2 Å². The fourth-order valence-corrected chi connectivity index (χ4v) is 3.33. The van der Waals surface area contributed by atoms with E-state index in [1.807, 2.05) is 0 Å². The third kappa shape index (κ3) is 3.44. The van der Waals surface area contributed by atoms with Gasteiger partial charge in [-0.2, -0.15) is 0 Å². The molecule has 0 atom stereocenters. The lowest BCUT2D eigenvalue weighted by atomic mass is 10.3. The first-order valence-electron chi connectivity index (χ1n) is 5.22. The second kappa shape index (κ2) is 5.89. The Labute approximate surface area is 133 Å². The van der Waals surface area contributed by atoms with Crippen molar-refractivity contribution in [1.82, 2.24) is 0 Å². The fourth-order valence-electron chi connectivity index (χ4n) is 1.47. The first-order chi connectivity index (χ1) is 9.29. The monoisotopic (exact) mass is 397 g/mol. The lowest BCUT2D eigenvalue weighted by Crippen LogP contribution is -2.14. The summed E-state index contributed by atoms with van der Waals surface area (Å²) in [6, 6.07) is 7.95. The van der Waals surface area contributed by atoms with Gasteiger partial charge in [-0.05, 0) is 36.4 Å². The number of hydrogen-bond donors (Lipinski definition) is 1. The SMILES string of the molecule is O=S(=O)(Nc1cc(Cl)ccc1Cl)c1ccc(Br)cc1F. The van der Waals surface area contributed by atoms with Crippen molar-refractivity contribution < 1.29 is 12.8 Å². The van der Waals surface area contributed by atoms with Crippen LogP contribution in [-0.2, 0) is 10.0 Å². The minimum atomic E-state index is -4.09. The van der Waals surface area contributed by atoms with Gasteiger partial charge in [0.15, 0.2) is 0 Å². The Morgan fingerprint density at radius 2 is 1.80 bits per heavy atom. The summed E-state index contributed by atoms with van der Waals surface area (Å²) in [6.07, 6.45) is 0. The highest BCUT2D eigenvalue weighted by Gasteiger charge is 2.20. The first kappa shape index (κ1) is 15.6. The Morgan fingerprint density at radius 3 is 2.45 bits per heavy atom. The molecular weight excluding hydrogens is 392 g/mol. The van der Waals surface area contributed by atoms with E-state index in [1.54, 1.807) is 0 Å². The molecule has 0 aliphatic heterocycles. The van der Waals surface area contributed by atoms with E-state index in [0.29, 0.717) is 9.50 Å². The van der Waals surface area contributed by atoms with E-state index in [9.17, 15) is 12.8 Å². The lowest BCUT2D eigenvalue weighted by molar-refractivity contribution is 0.570. The third-order valence-electron chi connectivity index (χ3n) is 2.36. The minimum Gasteiger partial charge on any atom is -0.278 e. The van der Waals surface area contributed by atoms with Crippen molar-refractivity contribution in [2.75, 3.05) is 4.72 Å². The molecule has 20 heavy (non-hydrogen) atoms. The average Bonchev–Trinajstić information content (AvgIpc) is 2.33. The average molecular weight is 399 g/mol. The Bertz CT molecular complexity index is 768. The van der Waals surface area contributed by atoms with E-state index >= 15 is 0 Å². The largest absolute Gasteiger partial charge is 0.278 e. The molecule has 0 unspecified atom stereocenters. The second-order valence-electron chi connectivity index (χ2n) is 3.80.